The molecule has 1 aliphatic rings. The van der Waals surface area contributed by atoms with Crippen molar-refractivity contribution in [1.29, 1.82) is 0 Å². The Labute approximate surface area is 156 Å². The molecule has 1 N–H and O–H groups in total. The average molecular weight is 365 g/mol. The van der Waals surface area contributed by atoms with Gasteiger partial charge in [-0.05, 0) is 12.1 Å². The maximum atomic E-state index is 12.8. The van der Waals surface area contributed by atoms with Gasteiger partial charge in [0.2, 0.25) is 11.8 Å². The second-order valence-corrected chi connectivity index (χ2v) is 6.16. The van der Waals surface area contributed by atoms with Crippen LogP contribution in [-0.4, -0.2) is 51.5 Å². The fourth-order valence-corrected chi connectivity index (χ4v) is 3.07. The number of nitrogens with zero attached hydrogens (tertiary/aromatic N) is 4. The van der Waals surface area contributed by atoms with E-state index in [0.717, 1.165) is 23.4 Å². The molecule has 1 aromatic carbocycles. The Hall–Kier alpha value is -3.42. The smallest absolute Gasteiger partial charge is 0.254 e. The highest BCUT2D eigenvalue weighted by Crippen LogP contribution is 2.24. The van der Waals surface area contributed by atoms with E-state index in [-0.39, 0.29) is 5.91 Å². The second kappa shape index (κ2) is 7.06. The lowest BCUT2D eigenvalue weighted by Gasteiger charge is -2.26. The SMILES string of the molecule is COc1cc(OC)nc(-c2ccc(C(=O)N3CCc4nc[nH]c4C3)cc2)n1. The molecule has 0 saturated heterocycles. The van der Waals surface area contributed by atoms with E-state index >= 15 is 0 Å². The van der Waals surface area contributed by atoms with Crippen molar-refractivity contribution in [3.05, 3.63) is 53.6 Å². The van der Waals surface area contributed by atoms with E-state index < -0.39 is 0 Å². The zero-order chi connectivity index (χ0) is 18.8. The summed E-state index contributed by atoms with van der Waals surface area (Å²) in [6, 6.07) is 8.84. The van der Waals surface area contributed by atoms with Crippen LogP contribution in [0, 0.1) is 0 Å². The third kappa shape index (κ3) is 3.33. The van der Waals surface area contributed by atoms with Gasteiger partial charge in [-0.25, -0.2) is 4.98 Å². The van der Waals surface area contributed by atoms with Crippen molar-refractivity contribution >= 4 is 5.91 Å². The Morgan fingerprint density at radius 3 is 2.48 bits per heavy atom. The molecule has 27 heavy (non-hydrogen) atoms. The molecule has 8 heteroatoms. The van der Waals surface area contributed by atoms with Crippen LogP contribution in [0.1, 0.15) is 21.7 Å². The van der Waals surface area contributed by atoms with Gasteiger partial charge in [-0.3, -0.25) is 4.79 Å². The first-order chi connectivity index (χ1) is 13.2. The Bertz CT molecular complexity index is 945. The van der Waals surface area contributed by atoms with E-state index in [1.807, 2.05) is 17.0 Å². The number of benzene rings is 1. The monoisotopic (exact) mass is 365 g/mol. The maximum absolute atomic E-state index is 12.8. The molecule has 8 nitrogen and oxygen atoms in total. The molecule has 3 heterocycles. The van der Waals surface area contributed by atoms with E-state index in [1.54, 1.807) is 24.5 Å². The van der Waals surface area contributed by atoms with Crippen molar-refractivity contribution in [2.75, 3.05) is 20.8 Å². The number of carbonyl (C=O) groups excluding carboxylic acids is 1. The van der Waals surface area contributed by atoms with E-state index in [1.165, 1.54) is 14.2 Å². The van der Waals surface area contributed by atoms with Crippen LogP contribution < -0.4 is 9.47 Å². The highest BCUT2D eigenvalue weighted by molar-refractivity contribution is 5.94. The predicted molar refractivity (Wildman–Crippen MR) is 97.6 cm³/mol. The Morgan fingerprint density at radius 2 is 1.81 bits per heavy atom. The number of carbonyl (C=O) groups is 1. The quantitative estimate of drug-likeness (QED) is 0.761. The van der Waals surface area contributed by atoms with Crippen molar-refractivity contribution in [1.82, 2.24) is 24.8 Å². The number of ether oxygens (including phenoxy) is 2. The summed E-state index contributed by atoms with van der Waals surface area (Å²) in [5.41, 5.74) is 3.44. The summed E-state index contributed by atoms with van der Waals surface area (Å²) in [6.07, 6.45) is 2.44. The molecule has 0 bridgehead atoms. The summed E-state index contributed by atoms with van der Waals surface area (Å²) in [5.74, 6) is 1.30. The molecule has 0 unspecified atom stereocenters. The van der Waals surface area contributed by atoms with Crippen LogP contribution in [0.5, 0.6) is 11.8 Å². The molecule has 1 amide bonds. The highest BCUT2D eigenvalue weighted by Gasteiger charge is 2.23. The first-order valence-corrected chi connectivity index (χ1v) is 8.56. The minimum atomic E-state index is -0.00839. The van der Waals surface area contributed by atoms with E-state index in [9.17, 15) is 4.79 Å². The zero-order valence-electron chi connectivity index (χ0n) is 15.1. The van der Waals surface area contributed by atoms with E-state index in [0.29, 0.717) is 36.2 Å². The number of methoxy groups -OCH3 is 2. The average Bonchev–Trinajstić information content (AvgIpc) is 3.20. The van der Waals surface area contributed by atoms with Gasteiger partial charge < -0.3 is 19.4 Å². The Morgan fingerprint density at radius 1 is 1.11 bits per heavy atom. The molecule has 0 radical (unpaired) electrons. The van der Waals surface area contributed by atoms with Gasteiger partial charge in [-0.15, -0.1) is 0 Å². The number of rotatable bonds is 4. The van der Waals surface area contributed by atoms with Crippen molar-refractivity contribution in [3.63, 3.8) is 0 Å². The standard InChI is InChI=1S/C19H19N5O3/c1-26-16-9-17(27-2)23-18(22-16)12-3-5-13(6-4-12)19(25)24-8-7-14-15(10-24)21-11-20-14/h3-6,9,11H,7-8,10H2,1-2H3,(H,20,21). The fourth-order valence-electron chi connectivity index (χ4n) is 3.07. The molecule has 138 valence electrons. The Kier molecular flexibility index (Phi) is 4.45. The first-order valence-electron chi connectivity index (χ1n) is 8.56. The fraction of sp³-hybridized carbons (Fsp3) is 0.263. The van der Waals surface area contributed by atoms with Crippen LogP contribution in [0.25, 0.3) is 11.4 Å². The summed E-state index contributed by atoms with van der Waals surface area (Å²) >= 11 is 0. The van der Waals surface area contributed by atoms with Gasteiger partial charge in [0.05, 0.1) is 44.5 Å². The molecular formula is C19H19N5O3. The maximum Gasteiger partial charge on any atom is 0.254 e. The molecule has 0 atom stereocenters. The van der Waals surface area contributed by atoms with Crippen molar-refractivity contribution in [2.24, 2.45) is 0 Å². The van der Waals surface area contributed by atoms with E-state index in [2.05, 4.69) is 19.9 Å². The Balaban J connectivity index is 1.55. The number of imidazole rings is 1. The molecular weight excluding hydrogens is 346 g/mol. The predicted octanol–water partition coefficient (Wildman–Crippen LogP) is 2.08. The normalized spacial score (nSPS) is 13.2. The molecule has 0 aliphatic carbocycles. The van der Waals surface area contributed by atoms with Crippen LogP contribution in [0.3, 0.4) is 0 Å². The van der Waals surface area contributed by atoms with Gasteiger partial charge in [0.1, 0.15) is 0 Å². The number of aromatic amines is 1. The topological polar surface area (TPSA) is 93.2 Å². The summed E-state index contributed by atoms with van der Waals surface area (Å²) in [5, 5.41) is 0. The first kappa shape index (κ1) is 17.0. The minimum Gasteiger partial charge on any atom is -0.481 e. The van der Waals surface area contributed by atoms with Gasteiger partial charge in [-0.1, -0.05) is 12.1 Å². The van der Waals surface area contributed by atoms with Crippen LogP contribution in [0.15, 0.2) is 36.7 Å². The zero-order valence-corrected chi connectivity index (χ0v) is 15.1. The number of fused-ring (bicyclic) bond motifs is 1. The van der Waals surface area contributed by atoms with Gasteiger partial charge in [0.15, 0.2) is 5.82 Å². The minimum absolute atomic E-state index is 0.00839. The molecule has 0 saturated carbocycles. The van der Waals surface area contributed by atoms with Crippen LogP contribution in [0.4, 0.5) is 0 Å². The third-order valence-electron chi connectivity index (χ3n) is 4.55. The largest absolute Gasteiger partial charge is 0.481 e. The number of hydrogen-bond acceptors (Lipinski definition) is 6. The van der Waals surface area contributed by atoms with Gasteiger partial charge in [0.25, 0.3) is 5.91 Å². The number of nitrogens with one attached hydrogen (secondary N) is 1. The van der Waals surface area contributed by atoms with Crippen molar-refractivity contribution < 1.29 is 14.3 Å². The van der Waals surface area contributed by atoms with Gasteiger partial charge in [-0.2, -0.15) is 9.97 Å². The molecule has 3 aromatic rings. The molecule has 0 spiro atoms. The summed E-state index contributed by atoms with van der Waals surface area (Å²) in [4.78, 5) is 30.7. The third-order valence-corrected chi connectivity index (χ3v) is 4.55. The van der Waals surface area contributed by atoms with Crippen LogP contribution in [0.2, 0.25) is 0 Å². The molecule has 2 aromatic heterocycles. The van der Waals surface area contributed by atoms with E-state index in [4.69, 9.17) is 9.47 Å². The summed E-state index contributed by atoms with van der Waals surface area (Å²) in [7, 11) is 3.08. The molecule has 4 rings (SSSR count). The van der Waals surface area contributed by atoms with Crippen LogP contribution in [-0.2, 0) is 13.0 Å². The second-order valence-electron chi connectivity index (χ2n) is 6.16. The highest BCUT2D eigenvalue weighted by atomic mass is 16.5. The van der Waals surface area contributed by atoms with Gasteiger partial charge >= 0.3 is 0 Å². The number of H-pyrrole nitrogens is 1. The number of aromatic nitrogens is 4. The number of hydrogen-bond donors (Lipinski definition) is 1. The van der Waals surface area contributed by atoms with Crippen molar-refractivity contribution in [2.45, 2.75) is 13.0 Å². The summed E-state index contributed by atoms with van der Waals surface area (Å²) < 4.78 is 10.4. The van der Waals surface area contributed by atoms with Crippen molar-refractivity contribution in [3.8, 4) is 23.1 Å². The molecule has 0 fully saturated rings. The lowest BCUT2D eigenvalue weighted by molar-refractivity contribution is 0.0732. The molecule has 1 aliphatic heterocycles. The summed E-state index contributed by atoms with van der Waals surface area (Å²) in [6.45, 7) is 1.21. The van der Waals surface area contributed by atoms with Crippen LogP contribution >= 0.6 is 0 Å². The lowest BCUT2D eigenvalue weighted by atomic mass is 10.1. The van der Waals surface area contributed by atoms with Gasteiger partial charge in [0, 0.05) is 24.1 Å². The lowest BCUT2D eigenvalue weighted by Crippen LogP contribution is -2.36. The number of amides is 1.